The van der Waals surface area contributed by atoms with Crippen LogP contribution in [0.1, 0.15) is 5.56 Å². The second kappa shape index (κ2) is 5.27. The SMILES string of the molecule is N#Cc1c(Nc2ccccc2)sc2c1nc(N)c1ccccc12. The lowest BCUT2D eigenvalue weighted by Crippen LogP contribution is -1.93. The maximum Gasteiger partial charge on any atom is 0.132 e. The molecule has 4 rings (SSSR count). The number of fused-ring (bicyclic) bond motifs is 3. The first kappa shape index (κ1) is 13.6. The molecule has 3 N–H and O–H groups in total. The van der Waals surface area contributed by atoms with Crippen molar-refractivity contribution in [1.29, 1.82) is 5.26 Å². The van der Waals surface area contributed by atoms with E-state index < -0.39 is 0 Å². The van der Waals surface area contributed by atoms with Crippen LogP contribution < -0.4 is 11.1 Å². The van der Waals surface area contributed by atoms with Crippen molar-refractivity contribution >= 4 is 48.8 Å². The van der Waals surface area contributed by atoms with E-state index in [4.69, 9.17) is 5.73 Å². The van der Waals surface area contributed by atoms with Gasteiger partial charge in [-0.2, -0.15) is 5.26 Å². The van der Waals surface area contributed by atoms with E-state index in [1.807, 2.05) is 54.6 Å². The third kappa shape index (κ3) is 2.17. The van der Waals surface area contributed by atoms with Crippen molar-refractivity contribution in [3.8, 4) is 6.07 Å². The molecule has 2 aromatic carbocycles. The smallest absolute Gasteiger partial charge is 0.132 e. The largest absolute Gasteiger partial charge is 0.383 e. The molecule has 0 unspecified atom stereocenters. The number of rotatable bonds is 2. The molecule has 0 spiro atoms. The van der Waals surface area contributed by atoms with Gasteiger partial charge in [0.05, 0.1) is 4.70 Å². The van der Waals surface area contributed by atoms with E-state index in [1.54, 1.807) is 0 Å². The molecule has 0 fully saturated rings. The van der Waals surface area contributed by atoms with Gasteiger partial charge in [-0.25, -0.2) is 4.98 Å². The van der Waals surface area contributed by atoms with Crippen LogP contribution in [-0.2, 0) is 0 Å². The first-order valence-electron chi connectivity index (χ1n) is 7.11. The zero-order chi connectivity index (χ0) is 15.8. The maximum absolute atomic E-state index is 9.58. The van der Waals surface area contributed by atoms with E-state index in [-0.39, 0.29) is 0 Å². The quantitative estimate of drug-likeness (QED) is 0.564. The van der Waals surface area contributed by atoms with Gasteiger partial charge in [-0.15, -0.1) is 11.3 Å². The summed E-state index contributed by atoms with van der Waals surface area (Å²) in [7, 11) is 0. The Morgan fingerprint density at radius 2 is 1.70 bits per heavy atom. The Balaban J connectivity index is 1.99. The summed E-state index contributed by atoms with van der Waals surface area (Å²) in [5, 5.41) is 15.6. The van der Waals surface area contributed by atoms with E-state index in [2.05, 4.69) is 16.4 Å². The number of pyridine rings is 1. The van der Waals surface area contributed by atoms with Crippen molar-refractivity contribution in [2.75, 3.05) is 11.1 Å². The highest BCUT2D eigenvalue weighted by Crippen LogP contribution is 2.40. The summed E-state index contributed by atoms with van der Waals surface area (Å²) in [5.74, 6) is 0.452. The molecule has 0 saturated heterocycles. The number of aromatic nitrogens is 1. The second-order valence-electron chi connectivity index (χ2n) is 5.13. The van der Waals surface area contributed by atoms with E-state index in [9.17, 15) is 5.26 Å². The van der Waals surface area contributed by atoms with Crippen LogP contribution in [0.25, 0.3) is 21.0 Å². The molecule has 0 aliphatic heterocycles. The van der Waals surface area contributed by atoms with E-state index in [0.717, 1.165) is 26.2 Å². The number of nitrogens with two attached hydrogens (primary N) is 1. The number of nitrogens with zero attached hydrogens (tertiary/aromatic N) is 2. The second-order valence-corrected chi connectivity index (χ2v) is 6.15. The Labute approximate surface area is 136 Å². The number of thiophene rings is 1. The molecule has 0 radical (unpaired) electrons. The molecule has 0 bridgehead atoms. The highest BCUT2D eigenvalue weighted by atomic mass is 32.1. The summed E-state index contributed by atoms with van der Waals surface area (Å²) < 4.78 is 0.977. The van der Waals surface area contributed by atoms with Crippen molar-refractivity contribution in [3.05, 3.63) is 60.2 Å². The van der Waals surface area contributed by atoms with Crippen LogP contribution >= 0.6 is 11.3 Å². The van der Waals surface area contributed by atoms with Crippen molar-refractivity contribution in [2.45, 2.75) is 0 Å². The lowest BCUT2D eigenvalue weighted by molar-refractivity contribution is 1.43. The third-order valence-electron chi connectivity index (χ3n) is 3.71. The molecular formula is C18H12N4S. The minimum absolute atomic E-state index is 0.452. The number of benzene rings is 2. The maximum atomic E-state index is 9.58. The van der Waals surface area contributed by atoms with Crippen LogP contribution in [0.2, 0.25) is 0 Å². The Morgan fingerprint density at radius 3 is 2.43 bits per heavy atom. The fourth-order valence-corrected chi connectivity index (χ4v) is 3.79. The summed E-state index contributed by atoms with van der Waals surface area (Å²) >= 11 is 1.53. The van der Waals surface area contributed by atoms with Crippen LogP contribution in [0.5, 0.6) is 0 Å². The lowest BCUT2D eigenvalue weighted by Gasteiger charge is -2.02. The van der Waals surface area contributed by atoms with Gasteiger partial charge >= 0.3 is 0 Å². The summed E-state index contributed by atoms with van der Waals surface area (Å²) in [6.45, 7) is 0. The minimum atomic E-state index is 0.452. The molecule has 0 aliphatic carbocycles. The number of anilines is 3. The topological polar surface area (TPSA) is 74.7 Å². The van der Waals surface area contributed by atoms with Gasteiger partial charge in [0.15, 0.2) is 0 Å². The fourth-order valence-electron chi connectivity index (χ4n) is 2.64. The Bertz CT molecular complexity index is 1060. The molecule has 23 heavy (non-hydrogen) atoms. The zero-order valence-electron chi connectivity index (χ0n) is 12.1. The molecule has 4 nitrogen and oxygen atoms in total. The number of hydrogen-bond donors (Lipinski definition) is 2. The summed E-state index contributed by atoms with van der Waals surface area (Å²) in [5.41, 5.74) is 8.20. The molecule has 0 atom stereocenters. The van der Waals surface area contributed by atoms with Crippen molar-refractivity contribution in [1.82, 2.24) is 4.98 Å². The van der Waals surface area contributed by atoms with Gasteiger partial charge in [0.2, 0.25) is 0 Å². The molecule has 0 aliphatic rings. The van der Waals surface area contributed by atoms with Gasteiger partial charge < -0.3 is 11.1 Å². The van der Waals surface area contributed by atoms with Gasteiger partial charge in [0.1, 0.15) is 28.0 Å². The Morgan fingerprint density at radius 1 is 1.00 bits per heavy atom. The monoisotopic (exact) mass is 316 g/mol. The highest BCUT2D eigenvalue weighted by molar-refractivity contribution is 7.24. The number of nitrogens with one attached hydrogen (secondary N) is 1. The van der Waals surface area contributed by atoms with Gasteiger partial charge in [0.25, 0.3) is 0 Å². The van der Waals surface area contributed by atoms with E-state index in [0.29, 0.717) is 16.9 Å². The van der Waals surface area contributed by atoms with Crippen molar-refractivity contribution in [2.24, 2.45) is 0 Å². The van der Waals surface area contributed by atoms with Crippen LogP contribution in [-0.4, -0.2) is 4.98 Å². The van der Waals surface area contributed by atoms with Crippen molar-refractivity contribution < 1.29 is 0 Å². The van der Waals surface area contributed by atoms with Crippen LogP contribution in [0, 0.1) is 11.3 Å². The minimum Gasteiger partial charge on any atom is -0.383 e. The molecule has 0 amide bonds. The average Bonchev–Trinajstić information content (AvgIpc) is 2.93. The fraction of sp³-hybridized carbons (Fsp3) is 0. The van der Waals surface area contributed by atoms with Gasteiger partial charge in [-0.05, 0) is 12.1 Å². The number of para-hydroxylation sites is 1. The lowest BCUT2D eigenvalue weighted by atomic mass is 10.1. The molecule has 110 valence electrons. The number of nitriles is 1. The summed E-state index contributed by atoms with van der Waals surface area (Å²) in [6.07, 6.45) is 0. The van der Waals surface area contributed by atoms with E-state index in [1.165, 1.54) is 11.3 Å². The molecule has 2 heterocycles. The molecule has 5 heteroatoms. The standard InChI is InChI=1S/C18H12N4S/c19-10-14-15-16(12-8-4-5-9-13(12)17(20)22-15)23-18(14)21-11-6-2-1-3-7-11/h1-9,21H,(H2,20,22). The molecule has 0 saturated carbocycles. The first-order valence-corrected chi connectivity index (χ1v) is 7.92. The normalized spacial score (nSPS) is 10.7. The predicted octanol–water partition coefficient (Wildman–Crippen LogP) is 4.65. The Kier molecular flexibility index (Phi) is 3.11. The zero-order valence-corrected chi connectivity index (χ0v) is 12.9. The summed E-state index contributed by atoms with van der Waals surface area (Å²) in [6, 6.07) is 19.9. The molecular weight excluding hydrogens is 304 g/mol. The van der Waals surface area contributed by atoms with Crippen molar-refractivity contribution in [3.63, 3.8) is 0 Å². The van der Waals surface area contributed by atoms with E-state index >= 15 is 0 Å². The predicted molar refractivity (Wildman–Crippen MR) is 96.0 cm³/mol. The average molecular weight is 316 g/mol. The van der Waals surface area contributed by atoms with Crippen LogP contribution in [0.4, 0.5) is 16.5 Å². The van der Waals surface area contributed by atoms with Gasteiger partial charge in [-0.1, -0.05) is 42.5 Å². The number of hydrogen-bond acceptors (Lipinski definition) is 5. The number of nitrogen functional groups attached to an aromatic ring is 1. The molecule has 2 aromatic heterocycles. The molecule has 4 aromatic rings. The Hall–Kier alpha value is -3.10. The van der Waals surface area contributed by atoms with Crippen LogP contribution in [0.3, 0.4) is 0 Å². The summed E-state index contributed by atoms with van der Waals surface area (Å²) in [4.78, 5) is 4.46. The van der Waals surface area contributed by atoms with Gasteiger partial charge in [0, 0.05) is 16.5 Å². The highest BCUT2D eigenvalue weighted by Gasteiger charge is 2.17. The third-order valence-corrected chi connectivity index (χ3v) is 4.83. The first-order chi connectivity index (χ1) is 11.3. The van der Waals surface area contributed by atoms with Crippen LogP contribution in [0.15, 0.2) is 54.6 Å². The van der Waals surface area contributed by atoms with Gasteiger partial charge in [-0.3, -0.25) is 0 Å².